The molecule has 146 valence electrons. The molecule has 1 amide bonds. The molecule has 0 bridgehead atoms. The number of likely N-dealkylation sites (tertiary alicyclic amines) is 1. The van der Waals surface area contributed by atoms with Gasteiger partial charge in [0.15, 0.2) is 0 Å². The highest BCUT2D eigenvalue weighted by Crippen LogP contribution is 2.38. The summed E-state index contributed by atoms with van der Waals surface area (Å²) in [6.45, 7) is 4.11. The van der Waals surface area contributed by atoms with Crippen LogP contribution in [0.1, 0.15) is 42.1 Å². The Balaban J connectivity index is 1.70. The molecule has 0 N–H and O–H groups in total. The van der Waals surface area contributed by atoms with Gasteiger partial charge in [-0.2, -0.15) is 0 Å². The van der Waals surface area contributed by atoms with Crippen molar-refractivity contribution in [2.24, 2.45) is 0 Å². The van der Waals surface area contributed by atoms with E-state index in [1.54, 1.807) is 0 Å². The van der Waals surface area contributed by atoms with Crippen molar-refractivity contribution in [2.75, 3.05) is 26.3 Å². The fourth-order valence-corrected chi connectivity index (χ4v) is 4.38. The molecular weight excluding hydrogens is 372 g/mol. The predicted octanol–water partition coefficient (Wildman–Crippen LogP) is 4.29. The number of fused-ring (bicyclic) bond motifs is 2. The molecule has 2 aliphatic rings. The quantitative estimate of drug-likeness (QED) is 0.777. The van der Waals surface area contributed by atoms with Crippen LogP contribution in [0.15, 0.2) is 42.1 Å². The van der Waals surface area contributed by atoms with Crippen LogP contribution in [-0.2, 0) is 22.4 Å². The van der Waals surface area contributed by atoms with Crippen LogP contribution in [0.5, 0.6) is 0 Å². The van der Waals surface area contributed by atoms with Gasteiger partial charge in [0.05, 0.1) is 5.69 Å². The van der Waals surface area contributed by atoms with Crippen molar-refractivity contribution in [3.8, 4) is 0 Å². The number of halogens is 1. The number of aryl methyl sites for hydroxylation is 2. The molecule has 1 aromatic carbocycles. The smallest absolute Gasteiger partial charge is 0.248 e. The molecule has 2 heterocycles. The first kappa shape index (κ1) is 19.2. The van der Waals surface area contributed by atoms with Crippen molar-refractivity contribution in [1.29, 1.82) is 0 Å². The summed E-state index contributed by atoms with van der Waals surface area (Å²) in [4.78, 5) is 19.0. The van der Waals surface area contributed by atoms with E-state index < -0.39 is 0 Å². The number of piperidine rings is 1. The monoisotopic (exact) mass is 396 g/mol. The van der Waals surface area contributed by atoms with Crippen LogP contribution in [-0.4, -0.2) is 42.1 Å². The molecule has 1 aliphatic carbocycles. The Morgan fingerprint density at radius 2 is 1.93 bits per heavy atom. The number of amides is 1. The largest absolute Gasteiger partial charge is 0.372 e. The number of aromatic nitrogens is 1. The standard InChI is InChI=1S/C23H25ClN2O2/c1-2-28-15-21(27)26-12-9-16(10-13-26)22-20-8-7-19(24)14-18(20)6-5-17-4-3-11-25-23(17)22/h3-4,7-8,11,14H,2,5-6,9-10,12-13,15H2,1H3. The minimum Gasteiger partial charge on any atom is -0.372 e. The van der Waals surface area contributed by atoms with Crippen LogP contribution in [0.2, 0.25) is 5.02 Å². The van der Waals surface area contributed by atoms with Gasteiger partial charge in [0.1, 0.15) is 6.61 Å². The molecule has 28 heavy (non-hydrogen) atoms. The van der Waals surface area contributed by atoms with Crippen LogP contribution in [0, 0.1) is 0 Å². The minimum absolute atomic E-state index is 0.0810. The van der Waals surface area contributed by atoms with Gasteiger partial charge in [0.2, 0.25) is 5.91 Å². The van der Waals surface area contributed by atoms with Gasteiger partial charge in [-0.15, -0.1) is 0 Å². The minimum atomic E-state index is 0.0810. The number of carbonyl (C=O) groups is 1. The summed E-state index contributed by atoms with van der Waals surface area (Å²) in [7, 11) is 0. The third kappa shape index (κ3) is 3.85. The van der Waals surface area contributed by atoms with E-state index in [0.717, 1.165) is 49.5 Å². The number of carbonyl (C=O) groups excluding carboxylic acids is 1. The normalized spacial score (nSPS) is 16.4. The fourth-order valence-electron chi connectivity index (χ4n) is 4.19. The lowest BCUT2D eigenvalue weighted by Gasteiger charge is -2.30. The maximum Gasteiger partial charge on any atom is 0.248 e. The van der Waals surface area contributed by atoms with Gasteiger partial charge in [-0.05, 0) is 67.5 Å². The lowest BCUT2D eigenvalue weighted by Crippen LogP contribution is -2.38. The second-order valence-corrected chi connectivity index (χ2v) is 7.75. The van der Waals surface area contributed by atoms with E-state index in [2.05, 4.69) is 18.2 Å². The lowest BCUT2D eigenvalue weighted by molar-refractivity contribution is -0.136. The van der Waals surface area contributed by atoms with Crippen molar-refractivity contribution in [2.45, 2.75) is 32.6 Å². The molecule has 0 saturated carbocycles. The molecule has 1 aromatic heterocycles. The van der Waals surface area contributed by atoms with E-state index in [9.17, 15) is 4.79 Å². The Hall–Kier alpha value is -2.17. The van der Waals surface area contributed by atoms with Gasteiger partial charge in [-0.25, -0.2) is 0 Å². The van der Waals surface area contributed by atoms with E-state index in [-0.39, 0.29) is 12.5 Å². The summed E-state index contributed by atoms with van der Waals surface area (Å²) in [6.07, 6.45) is 5.54. The average Bonchev–Trinajstić information content (AvgIpc) is 2.88. The van der Waals surface area contributed by atoms with E-state index in [4.69, 9.17) is 21.3 Å². The Kier molecular flexibility index (Phi) is 5.79. The molecule has 5 heteroatoms. The third-order valence-electron chi connectivity index (χ3n) is 5.63. The van der Waals surface area contributed by atoms with Crippen molar-refractivity contribution in [1.82, 2.24) is 9.88 Å². The molecule has 0 atom stereocenters. The summed E-state index contributed by atoms with van der Waals surface area (Å²) >= 11 is 6.28. The summed E-state index contributed by atoms with van der Waals surface area (Å²) in [5.74, 6) is 0.0810. The fraction of sp³-hybridized carbons (Fsp3) is 0.391. The number of nitrogens with zero attached hydrogens (tertiary/aromatic N) is 2. The van der Waals surface area contributed by atoms with Crippen molar-refractivity contribution < 1.29 is 9.53 Å². The Labute approximate surface area is 171 Å². The molecule has 4 rings (SSSR count). The number of pyridine rings is 1. The molecule has 0 radical (unpaired) electrons. The van der Waals surface area contributed by atoms with E-state index in [1.807, 2.05) is 30.2 Å². The van der Waals surface area contributed by atoms with Crippen LogP contribution >= 0.6 is 11.6 Å². The van der Waals surface area contributed by atoms with Gasteiger partial charge < -0.3 is 9.64 Å². The van der Waals surface area contributed by atoms with E-state index in [0.29, 0.717) is 6.61 Å². The summed E-state index contributed by atoms with van der Waals surface area (Å²) in [5.41, 5.74) is 7.52. The number of rotatable bonds is 3. The first-order valence-corrected chi connectivity index (χ1v) is 10.4. The number of hydrogen-bond donors (Lipinski definition) is 0. The number of ether oxygens (including phenoxy) is 1. The third-order valence-corrected chi connectivity index (χ3v) is 5.87. The molecule has 1 saturated heterocycles. The highest BCUT2D eigenvalue weighted by Gasteiger charge is 2.26. The molecule has 4 nitrogen and oxygen atoms in total. The second kappa shape index (κ2) is 8.46. The average molecular weight is 397 g/mol. The first-order chi connectivity index (χ1) is 13.7. The molecule has 1 fully saturated rings. The molecule has 0 spiro atoms. The molecule has 0 unspecified atom stereocenters. The summed E-state index contributed by atoms with van der Waals surface area (Å²) in [6, 6.07) is 10.4. The van der Waals surface area contributed by atoms with Gasteiger partial charge >= 0.3 is 0 Å². The summed E-state index contributed by atoms with van der Waals surface area (Å²) < 4.78 is 5.29. The molecular formula is C23H25ClN2O2. The number of benzene rings is 1. The Morgan fingerprint density at radius 1 is 1.14 bits per heavy atom. The van der Waals surface area contributed by atoms with Crippen LogP contribution in [0.4, 0.5) is 0 Å². The van der Waals surface area contributed by atoms with Crippen molar-refractivity contribution >= 4 is 23.1 Å². The van der Waals surface area contributed by atoms with Crippen LogP contribution < -0.4 is 0 Å². The lowest BCUT2D eigenvalue weighted by atomic mass is 9.88. The van der Waals surface area contributed by atoms with Gasteiger partial charge in [0, 0.05) is 36.5 Å². The zero-order valence-electron chi connectivity index (χ0n) is 16.2. The second-order valence-electron chi connectivity index (χ2n) is 7.31. The zero-order chi connectivity index (χ0) is 19.5. The van der Waals surface area contributed by atoms with Crippen molar-refractivity contribution in [3.63, 3.8) is 0 Å². The van der Waals surface area contributed by atoms with Crippen molar-refractivity contribution in [3.05, 3.63) is 69.5 Å². The molecule has 1 aliphatic heterocycles. The van der Waals surface area contributed by atoms with E-state index in [1.165, 1.54) is 27.8 Å². The van der Waals surface area contributed by atoms with Gasteiger partial charge in [0.25, 0.3) is 0 Å². The maximum absolute atomic E-state index is 12.3. The SMILES string of the molecule is CCOCC(=O)N1CCC(=C2c3ccc(Cl)cc3CCc3cccnc32)CC1. The highest BCUT2D eigenvalue weighted by atomic mass is 35.5. The van der Waals surface area contributed by atoms with Crippen LogP contribution in [0.3, 0.4) is 0 Å². The topological polar surface area (TPSA) is 42.4 Å². The Morgan fingerprint density at radius 3 is 2.71 bits per heavy atom. The highest BCUT2D eigenvalue weighted by molar-refractivity contribution is 6.30. The van der Waals surface area contributed by atoms with Gasteiger partial charge in [-0.1, -0.05) is 29.3 Å². The maximum atomic E-state index is 12.3. The Bertz CT molecular complexity index is 913. The predicted molar refractivity (Wildman–Crippen MR) is 111 cm³/mol. The van der Waals surface area contributed by atoms with E-state index >= 15 is 0 Å². The van der Waals surface area contributed by atoms with Crippen LogP contribution in [0.25, 0.3) is 5.57 Å². The van der Waals surface area contributed by atoms with Gasteiger partial charge in [-0.3, -0.25) is 9.78 Å². The summed E-state index contributed by atoms with van der Waals surface area (Å²) in [5, 5.41) is 0.776. The molecule has 2 aromatic rings. The zero-order valence-corrected chi connectivity index (χ0v) is 17.0. The first-order valence-electron chi connectivity index (χ1n) is 9.98. The number of hydrogen-bond acceptors (Lipinski definition) is 3.